The molecule has 0 aliphatic rings. The average Bonchev–Trinajstić information content (AvgIpc) is 2.79. The van der Waals surface area contributed by atoms with E-state index in [4.69, 9.17) is 5.11 Å². The van der Waals surface area contributed by atoms with Crippen molar-refractivity contribution in [3.05, 3.63) is 96.3 Å². The normalized spacial score (nSPS) is 11.8. The Morgan fingerprint density at radius 3 is 2.44 bits per heavy atom. The van der Waals surface area contributed by atoms with E-state index >= 15 is 0 Å². The molecule has 0 fully saturated rings. The molecule has 0 saturated carbocycles. The maximum atomic E-state index is 12.7. The van der Waals surface area contributed by atoms with Gasteiger partial charge in [0.05, 0.1) is 4.90 Å². The van der Waals surface area contributed by atoms with E-state index in [9.17, 15) is 13.2 Å². The molecule has 0 atom stereocenters. The van der Waals surface area contributed by atoms with Crippen molar-refractivity contribution in [2.45, 2.75) is 37.0 Å². The highest BCUT2D eigenvalue weighted by atomic mass is 32.2. The molecule has 0 saturated heterocycles. The minimum Gasteiger partial charge on any atom is -0.481 e. The number of carboxylic acids is 1. The summed E-state index contributed by atoms with van der Waals surface area (Å²) in [6, 6.07) is 19.3. The van der Waals surface area contributed by atoms with Crippen LogP contribution in [0.2, 0.25) is 0 Å². The predicted octanol–water partition coefficient (Wildman–Crippen LogP) is 5.35. The number of hydrogen-bond acceptors (Lipinski definition) is 4. The molecule has 0 aliphatic heterocycles. The first-order valence-electron chi connectivity index (χ1n) is 10.5. The molecule has 166 valence electrons. The Morgan fingerprint density at radius 2 is 1.72 bits per heavy atom. The lowest BCUT2D eigenvalue weighted by Gasteiger charge is -2.12. The number of pyridine rings is 1. The summed E-state index contributed by atoms with van der Waals surface area (Å²) in [6.07, 6.45) is 8.91. The van der Waals surface area contributed by atoms with Crippen molar-refractivity contribution in [1.29, 1.82) is 0 Å². The van der Waals surface area contributed by atoms with Gasteiger partial charge in [0.25, 0.3) is 10.0 Å². The van der Waals surface area contributed by atoms with Crippen LogP contribution in [0.15, 0.2) is 90.1 Å². The van der Waals surface area contributed by atoms with E-state index in [0.717, 1.165) is 36.0 Å². The van der Waals surface area contributed by atoms with Gasteiger partial charge in [0, 0.05) is 30.1 Å². The van der Waals surface area contributed by atoms with Gasteiger partial charge in [-0.15, -0.1) is 0 Å². The molecule has 2 aromatic carbocycles. The summed E-state index contributed by atoms with van der Waals surface area (Å²) >= 11 is 0. The highest BCUT2D eigenvalue weighted by molar-refractivity contribution is 7.92. The van der Waals surface area contributed by atoms with Crippen LogP contribution in [-0.2, 0) is 14.8 Å². The second-order valence-corrected chi connectivity index (χ2v) is 9.03. The Labute approximate surface area is 188 Å². The average molecular weight is 451 g/mol. The number of unbranched alkanes of at least 4 members (excludes halogenated alkanes) is 3. The van der Waals surface area contributed by atoms with Crippen LogP contribution in [0, 0.1) is 0 Å². The van der Waals surface area contributed by atoms with E-state index < -0.39 is 16.0 Å². The molecule has 32 heavy (non-hydrogen) atoms. The third-order valence-electron chi connectivity index (χ3n) is 4.90. The van der Waals surface area contributed by atoms with E-state index in [2.05, 4.69) is 15.8 Å². The topological polar surface area (TPSA) is 96.4 Å². The number of nitrogens with one attached hydrogen (secondary N) is 1. The number of sulfonamides is 1. The van der Waals surface area contributed by atoms with Crippen LogP contribution in [0.4, 0.5) is 5.69 Å². The molecule has 2 N–H and O–H groups in total. The van der Waals surface area contributed by atoms with Crippen LogP contribution in [0.25, 0.3) is 5.57 Å². The molecular formula is C25H26N2O4S. The maximum Gasteiger partial charge on any atom is 0.303 e. The number of allylic oxidation sites excluding steroid dienone is 1. The van der Waals surface area contributed by atoms with Gasteiger partial charge in [0.15, 0.2) is 0 Å². The maximum absolute atomic E-state index is 12.7. The highest BCUT2D eigenvalue weighted by Crippen LogP contribution is 2.27. The van der Waals surface area contributed by atoms with Crippen molar-refractivity contribution >= 4 is 27.3 Å². The van der Waals surface area contributed by atoms with Crippen LogP contribution in [0.1, 0.15) is 43.2 Å². The highest BCUT2D eigenvalue weighted by Gasteiger charge is 2.14. The SMILES string of the molecule is O=C(O)CCCCC/C=C(/c1cccnc1)c1cccc(NS(=O)(=O)c2ccccc2)c1. The third-order valence-corrected chi connectivity index (χ3v) is 6.29. The van der Waals surface area contributed by atoms with Gasteiger partial charge in [-0.05, 0) is 60.7 Å². The van der Waals surface area contributed by atoms with Gasteiger partial charge in [0.1, 0.15) is 0 Å². The molecule has 3 rings (SSSR count). The Bertz CT molecular complexity index is 1160. The van der Waals surface area contributed by atoms with Gasteiger partial charge in [0.2, 0.25) is 0 Å². The second kappa shape index (κ2) is 11.2. The van der Waals surface area contributed by atoms with Crippen molar-refractivity contribution in [3.8, 4) is 0 Å². The summed E-state index contributed by atoms with van der Waals surface area (Å²) < 4.78 is 28.0. The van der Waals surface area contributed by atoms with E-state index in [1.54, 1.807) is 48.8 Å². The quantitative estimate of drug-likeness (QED) is 0.384. The Balaban J connectivity index is 1.81. The standard InChI is InChI=1S/C25H26N2O4S/c28-25(29)16-7-2-1-6-15-24(21-11-9-17-26-19-21)20-10-8-12-22(18-20)27-32(30,31)23-13-4-3-5-14-23/h3-5,8-15,17-19,27H,1-2,6-7,16H2,(H,28,29)/b24-15+. The van der Waals surface area contributed by atoms with Crippen LogP contribution < -0.4 is 4.72 Å². The smallest absolute Gasteiger partial charge is 0.303 e. The molecule has 0 aliphatic carbocycles. The van der Waals surface area contributed by atoms with E-state index in [0.29, 0.717) is 12.1 Å². The summed E-state index contributed by atoms with van der Waals surface area (Å²) in [5.74, 6) is -0.772. The number of aromatic nitrogens is 1. The Kier molecular flexibility index (Phi) is 8.16. The number of aliphatic carboxylic acids is 1. The molecule has 1 aromatic heterocycles. The largest absolute Gasteiger partial charge is 0.481 e. The second-order valence-electron chi connectivity index (χ2n) is 7.35. The molecule has 0 radical (unpaired) electrons. The van der Waals surface area contributed by atoms with Crippen molar-refractivity contribution in [1.82, 2.24) is 4.98 Å². The number of anilines is 1. The van der Waals surface area contributed by atoms with Crippen LogP contribution >= 0.6 is 0 Å². The lowest BCUT2D eigenvalue weighted by Crippen LogP contribution is -2.12. The lowest BCUT2D eigenvalue weighted by atomic mass is 9.97. The summed E-state index contributed by atoms with van der Waals surface area (Å²) in [5.41, 5.74) is 3.23. The van der Waals surface area contributed by atoms with Crippen LogP contribution in [0.5, 0.6) is 0 Å². The van der Waals surface area contributed by atoms with Crippen LogP contribution in [0.3, 0.4) is 0 Å². The first-order chi connectivity index (χ1) is 15.5. The zero-order chi connectivity index (χ0) is 22.8. The molecule has 0 spiro atoms. The molecular weight excluding hydrogens is 424 g/mol. The molecule has 0 amide bonds. The van der Waals surface area contributed by atoms with Gasteiger partial charge in [-0.25, -0.2) is 8.42 Å². The number of rotatable bonds is 11. The van der Waals surface area contributed by atoms with Crippen LogP contribution in [-0.4, -0.2) is 24.5 Å². The van der Waals surface area contributed by atoms with Gasteiger partial charge >= 0.3 is 5.97 Å². The fourth-order valence-corrected chi connectivity index (χ4v) is 4.40. The number of benzene rings is 2. The molecule has 1 heterocycles. The first kappa shape index (κ1) is 23.2. The van der Waals surface area contributed by atoms with E-state index in [-0.39, 0.29) is 11.3 Å². The van der Waals surface area contributed by atoms with Gasteiger partial charge < -0.3 is 5.11 Å². The predicted molar refractivity (Wildman–Crippen MR) is 126 cm³/mol. The number of carbonyl (C=O) groups is 1. The zero-order valence-electron chi connectivity index (χ0n) is 17.6. The fourth-order valence-electron chi connectivity index (χ4n) is 3.33. The minimum atomic E-state index is -3.68. The molecule has 6 nitrogen and oxygen atoms in total. The molecule has 3 aromatic rings. The third kappa shape index (κ3) is 6.78. The molecule has 0 bridgehead atoms. The lowest BCUT2D eigenvalue weighted by molar-refractivity contribution is -0.137. The monoisotopic (exact) mass is 450 g/mol. The number of carboxylic acid groups (broad SMARTS) is 1. The van der Waals surface area contributed by atoms with Crippen molar-refractivity contribution in [2.24, 2.45) is 0 Å². The van der Waals surface area contributed by atoms with Crippen molar-refractivity contribution in [3.63, 3.8) is 0 Å². The van der Waals surface area contributed by atoms with Gasteiger partial charge in [-0.2, -0.15) is 0 Å². The Morgan fingerprint density at radius 1 is 0.938 bits per heavy atom. The summed E-state index contributed by atoms with van der Waals surface area (Å²) in [4.78, 5) is 15.1. The molecule has 0 unspecified atom stereocenters. The summed E-state index contributed by atoms with van der Waals surface area (Å²) in [6.45, 7) is 0. The van der Waals surface area contributed by atoms with Gasteiger partial charge in [-0.3, -0.25) is 14.5 Å². The van der Waals surface area contributed by atoms with E-state index in [1.807, 2.05) is 30.3 Å². The minimum absolute atomic E-state index is 0.183. The summed E-state index contributed by atoms with van der Waals surface area (Å²) in [7, 11) is -3.68. The molecule has 7 heteroatoms. The zero-order valence-corrected chi connectivity index (χ0v) is 18.5. The first-order valence-corrected chi connectivity index (χ1v) is 11.9. The Hall–Kier alpha value is -3.45. The van der Waals surface area contributed by atoms with E-state index in [1.165, 1.54) is 0 Å². The number of nitrogens with zero attached hydrogens (tertiary/aromatic N) is 1. The summed E-state index contributed by atoms with van der Waals surface area (Å²) in [5, 5.41) is 8.77. The number of hydrogen-bond donors (Lipinski definition) is 2. The van der Waals surface area contributed by atoms with Crippen molar-refractivity contribution < 1.29 is 18.3 Å². The van der Waals surface area contributed by atoms with Crippen molar-refractivity contribution in [2.75, 3.05) is 4.72 Å². The van der Waals surface area contributed by atoms with Gasteiger partial charge in [-0.1, -0.05) is 48.9 Å². The fraction of sp³-hybridized carbons (Fsp3) is 0.200.